The van der Waals surface area contributed by atoms with Crippen molar-refractivity contribution in [2.24, 2.45) is 5.10 Å². The number of halogens is 1. The average molecular weight is 348 g/mol. The summed E-state index contributed by atoms with van der Waals surface area (Å²) < 4.78 is 13.0. The molecule has 0 saturated carbocycles. The van der Waals surface area contributed by atoms with E-state index in [1.807, 2.05) is 6.92 Å². The Morgan fingerprint density at radius 2 is 1.92 bits per heavy atom. The maximum atomic E-state index is 13.0. The summed E-state index contributed by atoms with van der Waals surface area (Å²) >= 11 is 0. The lowest BCUT2D eigenvalue weighted by molar-refractivity contribution is -0.130. The summed E-state index contributed by atoms with van der Waals surface area (Å²) in [5, 5.41) is 6.59. The summed E-state index contributed by atoms with van der Waals surface area (Å²) in [5.74, 6) is -1.13. The first-order valence-corrected chi connectivity index (χ1v) is 8.00. The Morgan fingerprint density at radius 1 is 1.28 bits per heavy atom. The third-order valence-corrected chi connectivity index (χ3v) is 3.83. The highest BCUT2D eigenvalue weighted by atomic mass is 19.1. The third-order valence-electron chi connectivity index (χ3n) is 3.83. The van der Waals surface area contributed by atoms with Crippen molar-refractivity contribution >= 4 is 23.6 Å². The molecule has 8 heteroatoms. The number of benzene rings is 1. The van der Waals surface area contributed by atoms with Crippen molar-refractivity contribution in [1.29, 1.82) is 0 Å². The van der Waals surface area contributed by atoms with Crippen molar-refractivity contribution in [3.63, 3.8) is 0 Å². The van der Waals surface area contributed by atoms with E-state index in [4.69, 9.17) is 0 Å². The molecule has 0 bridgehead atoms. The van der Waals surface area contributed by atoms with Crippen molar-refractivity contribution < 1.29 is 18.8 Å². The van der Waals surface area contributed by atoms with Gasteiger partial charge < -0.3 is 5.32 Å². The van der Waals surface area contributed by atoms with Gasteiger partial charge in [0.15, 0.2) is 0 Å². The first-order chi connectivity index (χ1) is 11.7. The lowest BCUT2D eigenvalue weighted by Crippen LogP contribution is -2.40. The molecule has 0 radical (unpaired) electrons. The molecule has 7 nitrogen and oxygen atoms in total. The molecule has 1 saturated heterocycles. The molecule has 25 heavy (non-hydrogen) atoms. The van der Waals surface area contributed by atoms with Gasteiger partial charge in [-0.05, 0) is 38.0 Å². The fourth-order valence-electron chi connectivity index (χ4n) is 2.41. The lowest BCUT2D eigenvalue weighted by Gasteiger charge is -2.15. The van der Waals surface area contributed by atoms with Crippen molar-refractivity contribution in [3.05, 3.63) is 35.6 Å². The molecular formula is C17H21FN4O3. The number of carbonyl (C=O) groups excluding carboxylic acids is 3. The Kier molecular flexibility index (Phi) is 5.51. The summed E-state index contributed by atoms with van der Waals surface area (Å²) in [5.41, 5.74) is 2.76. The molecule has 1 aromatic carbocycles. The highest BCUT2D eigenvalue weighted by Gasteiger charge is 2.43. The van der Waals surface area contributed by atoms with Gasteiger partial charge in [0.1, 0.15) is 11.4 Å². The molecule has 1 aromatic rings. The first-order valence-electron chi connectivity index (χ1n) is 8.00. The second kappa shape index (κ2) is 7.42. The van der Waals surface area contributed by atoms with Gasteiger partial charge in [-0.1, -0.05) is 19.1 Å². The van der Waals surface area contributed by atoms with Crippen molar-refractivity contribution in [2.75, 3.05) is 6.54 Å². The number of hydrogen-bond donors (Lipinski definition) is 2. The number of amides is 4. The van der Waals surface area contributed by atoms with Crippen LogP contribution in [0.15, 0.2) is 29.4 Å². The van der Waals surface area contributed by atoms with Gasteiger partial charge in [-0.15, -0.1) is 0 Å². The van der Waals surface area contributed by atoms with E-state index >= 15 is 0 Å². The zero-order valence-electron chi connectivity index (χ0n) is 14.4. The fraction of sp³-hybridized carbons (Fsp3) is 0.412. The minimum atomic E-state index is -0.955. The second-order valence-corrected chi connectivity index (χ2v) is 6.22. The fourth-order valence-corrected chi connectivity index (χ4v) is 2.41. The highest BCUT2D eigenvalue weighted by Crippen LogP contribution is 2.16. The van der Waals surface area contributed by atoms with E-state index in [-0.39, 0.29) is 24.7 Å². The normalized spacial score (nSPS) is 16.8. The molecule has 2 N–H and O–H groups in total. The van der Waals surface area contributed by atoms with Crippen LogP contribution >= 0.6 is 0 Å². The maximum Gasteiger partial charge on any atom is 0.325 e. The summed E-state index contributed by atoms with van der Waals surface area (Å²) in [4.78, 5) is 36.7. The number of nitrogens with zero attached hydrogens (tertiary/aromatic N) is 2. The van der Waals surface area contributed by atoms with Crippen LogP contribution in [0.4, 0.5) is 9.18 Å². The summed E-state index contributed by atoms with van der Waals surface area (Å²) in [6, 6.07) is 5.30. The van der Waals surface area contributed by atoms with E-state index in [2.05, 4.69) is 15.8 Å². The molecule has 1 heterocycles. The highest BCUT2D eigenvalue weighted by molar-refractivity contribution is 6.06. The van der Waals surface area contributed by atoms with Crippen LogP contribution < -0.4 is 10.7 Å². The monoisotopic (exact) mass is 348 g/mol. The van der Waals surface area contributed by atoms with Crippen LogP contribution in [0.5, 0.6) is 0 Å². The van der Waals surface area contributed by atoms with Gasteiger partial charge in [0.25, 0.3) is 5.91 Å². The first kappa shape index (κ1) is 18.6. The molecule has 1 fully saturated rings. The van der Waals surface area contributed by atoms with Crippen molar-refractivity contribution in [1.82, 2.24) is 15.6 Å². The number of urea groups is 1. The number of nitrogens with one attached hydrogen (secondary N) is 2. The largest absolute Gasteiger partial charge is 0.325 e. The van der Waals surface area contributed by atoms with Crippen molar-refractivity contribution in [3.8, 4) is 0 Å². The molecule has 0 aromatic heterocycles. The molecular weight excluding hydrogens is 327 g/mol. The van der Waals surface area contributed by atoms with E-state index < -0.39 is 17.5 Å². The third kappa shape index (κ3) is 4.40. The van der Waals surface area contributed by atoms with Gasteiger partial charge >= 0.3 is 6.03 Å². The minimum absolute atomic E-state index is 0.0204. The van der Waals surface area contributed by atoms with Crippen LogP contribution in [0.2, 0.25) is 0 Å². The smallest absolute Gasteiger partial charge is 0.324 e. The van der Waals surface area contributed by atoms with E-state index in [1.54, 1.807) is 26.0 Å². The standard InChI is InChI=1S/C17H21FN4O3/c1-4-13(11-5-7-12(18)8-6-11)20-21-14(23)9-10-22-15(24)17(2,3)19-16(22)25/h5-8H,4,9-10H2,1-3H3,(H,19,25)(H,21,23)/b20-13-. The van der Waals surface area contributed by atoms with E-state index in [9.17, 15) is 18.8 Å². The number of hydrazone groups is 1. The SMILES string of the molecule is CC/C(=N/NC(=O)CCN1C(=O)NC(C)(C)C1=O)c1ccc(F)cc1. The summed E-state index contributed by atoms with van der Waals surface area (Å²) in [7, 11) is 0. The molecule has 0 aliphatic carbocycles. The van der Waals surface area contributed by atoms with Crippen LogP contribution in [-0.2, 0) is 9.59 Å². The molecule has 0 spiro atoms. The van der Waals surface area contributed by atoms with Gasteiger partial charge in [0.05, 0.1) is 5.71 Å². The molecule has 134 valence electrons. The topological polar surface area (TPSA) is 90.9 Å². The quantitative estimate of drug-likeness (QED) is 0.466. The predicted molar refractivity (Wildman–Crippen MR) is 90.3 cm³/mol. The van der Waals surface area contributed by atoms with E-state index in [0.29, 0.717) is 17.7 Å². The van der Waals surface area contributed by atoms with E-state index in [1.165, 1.54) is 12.1 Å². The Morgan fingerprint density at radius 3 is 2.44 bits per heavy atom. The number of carbonyl (C=O) groups is 3. The molecule has 4 amide bonds. The van der Waals surface area contributed by atoms with Crippen LogP contribution in [0.1, 0.15) is 39.2 Å². The van der Waals surface area contributed by atoms with Gasteiger partial charge in [-0.2, -0.15) is 5.10 Å². The van der Waals surface area contributed by atoms with Crippen LogP contribution in [0, 0.1) is 5.82 Å². The maximum absolute atomic E-state index is 13.0. The molecule has 2 rings (SSSR count). The van der Waals surface area contributed by atoms with Gasteiger partial charge in [-0.3, -0.25) is 14.5 Å². The molecule has 0 atom stereocenters. The number of hydrogen-bond acceptors (Lipinski definition) is 4. The Balaban J connectivity index is 1.92. The molecule has 1 aliphatic heterocycles. The van der Waals surface area contributed by atoms with Gasteiger partial charge in [-0.25, -0.2) is 14.6 Å². The van der Waals surface area contributed by atoms with Crippen LogP contribution in [0.25, 0.3) is 0 Å². The van der Waals surface area contributed by atoms with E-state index in [0.717, 1.165) is 4.90 Å². The summed E-state index contributed by atoms with van der Waals surface area (Å²) in [6.07, 6.45) is 0.492. The Labute approximate surface area is 145 Å². The zero-order valence-corrected chi connectivity index (χ0v) is 14.4. The Hall–Kier alpha value is -2.77. The minimum Gasteiger partial charge on any atom is -0.324 e. The summed E-state index contributed by atoms with van der Waals surface area (Å²) in [6.45, 7) is 5.05. The van der Waals surface area contributed by atoms with Crippen LogP contribution in [0.3, 0.4) is 0 Å². The molecule has 0 unspecified atom stereocenters. The predicted octanol–water partition coefficient (Wildman–Crippen LogP) is 1.78. The number of rotatable bonds is 6. The second-order valence-electron chi connectivity index (χ2n) is 6.22. The van der Waals surface area contributed by atoms with Crippen LogP contribution in [-0.4, -0.2) is 40.5 Å². The van der Waals surface area contributed by atoms with Crippen molar-refractivity contribution in [2.45, 2.75) is 39.2 Å². The Bertz CT molecular complexity index is 713. The molecule has 1 aliphatic rings. The average Bonchev–Trinajstić information content (AvgIpc) is 2.75. The zero-order chi connectivity index (χ0) is 18.6. The number of imide groups is 1. The lowest BCUT2D eigenvalue weighted by atomic mass is 10.1. The van der Waals surface area contributed by atoms with Gasteiger partial charge in [0.2, 0.25) is 5.91 Å². The van der Waals surface area contributed by atoms with Gasteiger partial charge in [0, 0.05) is 13.0 Å².